The summed E-state index contributed by atoms with van der Waals surface area (Å²) in [6.07, 6.45) is -2.73. The van der Waals surface area contributed by atoms with Crippen LogP contribution in [-0.2, 0) is 17.5 Å². The van der Waals surface area contributed by atoms with Crippen molar-refractivity contribution < 1.29 is 22.8 Å². The molecule has 1 aromatic carbocycles. The molecular weight excluding hydrogens is 361 g/mol. The molecule has 1 aromatic rings. The van der Waals surface area contributed by atoms with E-state index in [1.54, 1.807) is 6.07 Å². The van der Waals surface area contributed by atoms with Crippen LogP contribution in [-0.4, -0.2) is 55.0 Å². The number of likely N-dealkylation sites (tertiary alicyclic amines) is 1. The lowest BCUT2D eigenvalue weighted by atomic mass is 9.97. The predicted molar refractivity (Wildman–Crippen MR) is 94.7 cm³/mol. The number of nitrogens with two attached hydrogens (primary N) is 1. The van der Waals surface area contributed by atoms with Gasteiger partial charge in [-0.1, -0.05) is 12.1 Å². The van der Waals surface area contributed by atoms with Crippen LogP contribution in [0.5, 0.6) is 0 Å². The van der Waals surface area contributed by atoms with Gasteiger partial charge in [0.05, 0.1) is 11.5 Å². The fourth-order valence-electron chi connectivity index (χ4n) is 3.14. The van der Waals surface area contributed by atoms with Crippen molar-refractivity contribution in [2.45, 2.75) is 25.6 Å². The number of hydrogen-bond acceptors (Lipinski definition) is 3. The van der Waals surface area contributed by atoms with E-state index in [2.05, 4.69) is 10.2 Å². The Balaban J connectivity index is 1.78. The Bertz CT molecular complexity index is 666. The maximum atomic E-state index is 12.8. The van der Waals surface area contributed by atoms with Crippen LogP contribution in [0.3, 0.4) is 0 Å². The maximum Gasteiger partial charge on any atom is 0.416 e. The number of amides is 3. The van der Waals surface area contributed by atoms with Crippen molar-refractivity contribution in [2.24, 2.45) is 11.7 Å². The van der Waals surface area contributed by atoms with Crippen LogP contribution in [0.2, 0.25) is 0 Å². The molecule has 1 atom stereocenters. The highest BCUT2D eigenvalue weighted by Gasteiger charge is 2.30. The second kappa shape index (κ2) is 9.07. The van der Waals surface area contributed by atoms with Crippen molar-refractivity contribution in [2.75, 3.05) is 33.2 Å². The number of nitrogens with zero attached hydrogens (tertiary/aromatic N) is 2. The molecule has 0 spiro atoms. The van der Waals surface area contributed by atoms with Gasteiger partial charge in [-0.15, -0.1) is 0 Å². The Hall–Kier alpha value is -2.29. The van der Waals surface area contributed by atoms with Crippen molar-refractivity contribution in [3.05, 3.63) is 35.4 Å². The van der Waals surface area contributed by atoms with Gasteiger partial charge < -0.3 is 20.9 Å². The van der Waals surface area contributed by atoms with Crippen LogP contribution < -0.4 is 11.1 Å². The van der Waals surface area contributed by atoms with Crippen molar-refractivity contribution in [3.8, 4) is 0 Å². The zero-order chi connectivity index (χ0) is 20.0. The van der Waals surface area contributed by atoms with Gasteiger partial charge >= 0.3 is 12.2 Å². The molecule has 3 N–H and O–H groups in total. The van der Waals surface area contributed by atoms with Gasteiger partial charge in [0.1, 0.15) is 0 Å². The topological polar surface area (TPSA) is 78.7 Å². The Morgan fingerprint density at radius 3 is 2.78 bits per heavy atom. The molecule has 0 aromatic heterocycles. The number of urea groups is 1. The summed E-state index contributed by atoms with van der Waals surface area (Å²) in [7, 11) is 1.53. The fourth-order valence-corrected chi connectivity index (χ4v) is 3.14. The van der Waals surface area contributed by atoms with Gasteiger partial charge in [0.2, 0.25) is 5.91 Å². The highest BCUT2D eigenvalue weighted by Crippen LogP contribution is 2.29. The first kappa shape index (κ1) is 21.0. The molecule has 2 rings (SSSR count). The molecule has 0 bridgehead atoms. The van der Waals surface area contributed by atoms with E-state index < -0.39 is 11.7 Å². The monoisotopic (exact) mass is 386 g/mol. The molecule has 1 heterocycles. The normalized spacial score (nSPS) is 18.1. The van der Waals surface area contributed by atoms with Gasteiger partial charge in [0.15, 0.2) is 0 Å². The highest BCUT2D eigenvalue weighted by atomic mass is 19.4. The Labute approximate surface area is 156 Å². The molecule has 1 aliphatic heterocycles. The Morgan fingerprint density at radius 1 is 1.37 bits per heavy atom. The number of nitrogens with one attached hydrogen (secondary N) is 1. The summed E-state index contributed by atoms with van der Waals surface area (Å²) in [5.74, 6) is -0.456. The van der Waals surface area contributed by atoms with Crippen LogP contribution in [0.1, 0.15) is 24.0 Å². The van der Waals surface area contributed by atoms with Gasteiger partial charge in [-0.3, -0.25) is 4.79 Å². The summed E-state index contributed by atoms with van der Waals surface area (Å²) in [4.78, 5) is 26.8. The van der Waals surface area contributed by atoms with E-state index in [1.165, 1.54) is 18.0 Å². The van der Waals surface area contributed by atoms with E-state index >= 15 is 0 Å². The van der Waals surface area contributed by atoms with Crippen molar-refractivity contribution in [1.82, 2.24) is 15.1 Å². The lowest BCUT2D eigenvalue weighted by Crippen LogP contribution is -2.45. The van der Waals surface area contributed by atoms with Gasteiger partial charge in [-0.25, -0.2) is 4.79 Å². The Morgan fingerprint density at radius 2 is 2.11 bits per heavy atom. The number of alkyl halides is 3. The van der Waals surface area contributed by atoms with E-state index in [0.29, 0.717) is 25.2 Å². The molecule has 0 radical (unpaired) electrons. The molecule has 6 nitrogen and oxygen atoms in total. The fraction of sp³-hybridized carbons (Fsp3) is 0.556. The molecule has 1 aliphatic rings. The first-order valence-electron chi connectivity index (χ1n) is 8.83. The number of carbonyl (C=O) groups excluding carboxylic acids is 2. The summed E-state index contributed by atoms with van der Waals surface area (Å²) >= 11 is 0. The quantitative estimate of drug-likeness (QED) is 0.785. The number of primary amides is 1. The van der Waals surface area contributed by atoms with Crippen LogP contribution in [0.25, 0.3) is 0 Å². The van der Waals surface area contributed by atoms with E-state index in [4.69, 9.17) is 5.73 Å². The number of halogens is 3. The van der Waals surface area contributed by atoms with E-state index in [9.17, 15) is 22.8 Å². The lowest BCUT2D eigenvalue weighted by molar-refractivity contribution is -0.137. The third kappa shape index (κ3) is 6.42. The minimum absolute atomic E-state index is 0.0726. The molecule has 0 unspecified atom stereocenters. The zero-order valence-electron chi connectivity index (χ0n) is 15.3. The summed E-state index contributed by atoms with van der Waals surface area (Å²) in [5.41, 5.74) is 5.02. The van der Waals surface area contributed by atoms with Crippen molar-refractivity contribution >= 4 is 11.9 Å². The van der Waals surface area contributed by atoms with E-state index in [1.807, 2.05) is 0 Å². The average molecular weight is 386 g/mol. The van der Waals surface area contributed by atoms with Crippen LogP contribution in [0.4, 0.5) is 18.0 Å². The molecule has 1 fully saturated rings. The Kier molecular flexibility index (Phi) is 7.06. The van der Waals surface area contributed by atoms with Crippen molar-refractivity contribution in [3.63, 3.8) is 0 Å². The summed E-state index contributed by atoms with van der Waals surface area (Å²) in [5, 5.41) is 2.75. The predicted octanol–water partition coefficient (Wildman–Crippen LogP) is 2.04. The smallest absolute Gasteiger partial charge is 0.369 e. The van der Waals surface area contributed by atoms with E-state index in [-0.39, 0.29) is 24.4 Å². The molecule has 0 aliphatic carbocycles. The maximum absolute atomic E-state index is 12.8. The highest BCUT2D eigenvalue weighted by molar-refractivity contribution is 5.77. The molecule has 1 saturated heterocycles. The number of hydrogen-bond donors (Lipinski definition) is 2. The largest absolute Gasteiger partial charge is 0.416 e. The molecule has 9 heteroatoms. The molecule has 0 saturated carbocycles. The number of piperidine rings is 1. The van der Waals surface area contributed by atoms with Crippen LogP contribution >= 0.6 is 0 Å². The van der Waals surface area contributed by atoms with Gasteiger partial charge in [0.25, 0.3) is 0 Å². The second-order valence-electron chi connectivity index (χ2n) is 6.83. The third-order valence-corrected chi connectivity index (χ3v) is 4.63. The number of benzene rings is 1. The molecular formula is C18H25F3N4O2. The molecule has 3 amide bonds. The summed E-state index contributed by atoms with van der Waals surface area (Å²) in [6, 6.07) is 4.56. The van der Waals surface area contributed by atoms with E-state index in [0.717, 1.165) is 31.5 Å². The zero-order valence-corrected chi connectivity index (χ0v) is 15.3. The standard InChI is InChI=1S/C18H25F3N4O2/c1-24(11-13-4-2-6-15(10-13)18(19,20)21)17(27)23-7-9-25-8-3-5-14(12-25)16(22)26/h2,4,6,10,14H,3,5,7-9,11-12H2,1H3,(H2,22,26)(H,23,27)/t14-/m0/s1. The number of carbonyl (C=O) groups is 2. The number of rotatable bonds is 6. The van der Waals surface area contributed by atoms with Gasteiger partial charge in [-0.2, -0.15) is 13.2 Å². The minimum atomic E-state index is -4.41. The molecule has 150 valence electrons. The third-order valence-electron chi connectivity index (χ3n) is 4.63. The van der Waals surface area contributed by atoms with Crippen molar-refractivity contribution in [1.29, 1.82) is 0 Å². The second-order valence-corrected chi connectivity index (χ2v) is 6.83. The first-order chi connectivity index (χ1) is 12.7. The van der Waals surface area contributed by atoms with Crippen LogP contribution in [0.15, 0.2) is 24.3 Å². The minimum Gasteiger partial charge on any atom is -0.369 e. The van der Waals surface area contributed by atoms with Crippen LogP contribution in [0, 0.1) is 5.92 Å². The average Bonchev–Trinajstić information content (AvgIpc) is 2.61. The lowest BCUT2D eigenvalue weighted by Gasteiger charge is -2.31. The summed E-state index contributed by atoms with van der Waals surface area (Å²) < 4.78 is 38.3. The summed E-state index contributed by atoms with van der Waals surface area (Å²) in [6.45, 7) is 2.48. The van der Waals surface area contributed by atoms with Gasteiger partial charge in [0, 0.05) is 33.2 Å². The first-order valence-corrected chi connectivity index (χ1v) is 8.83. The molecule has 27 heavy (non-hydrogen) atoms. The van der Waals surface area contributed by atoms with Gasteiger partial charge in [-0.05, 0) is 37.1 Å². The SMILES string of the molecule is CN(Cc1cccc(C(F)(F)F)c1)C(=O)NCCN1CCC[C@H](C(N)=O)C1.